The molecule has 1 fully saturated rings. The Kier molecular flexibility index (Phi) is 5.41. The number of nitrogens with zero attached hydrogens (tertiary/aromatic N) is 3. The van der Waals surface area contributed by atoms with Crippen LogP contribution in [0.2, 0.25) is 5.02 Å². The molecule has 3 N–H and O–H groups in total. The van der Waals surface area contributed by atoms with Crippen molar-refractivity contribution in [3.05, 3.63) is 35.1 Å². The van der Waals surface area contributed by atoms with Gasteiger partial charge >= 0.3 is 6.18 Å². The van der Waals surface area contributed by atoms with Gasteiger partial charge in [-0.05, 0) is 31.0 Å². The summed E-state index contributed by atoms with van der Waals surface area (Å²) in [7, 11) is 0. The van der Waals surface area contributed by atoms with Crippen molar-refractivity contribution >= 4 is 34.6 Å². The maximum Gasteiger partial charge on any atom is 0.416 e. The fraction of sp³-hybridized carbons (Fsp3) is 0.412. The van der Waals surface area contributed by atoms with Gasteiger partial charge in [-0.1, -0.05) is 24.4 Å². The number of rotatable bonds is 3. The van der Waals surface area contributed by atoms with Gasteiger partial charge in [0.2, 0.25) is 0 Å². The molecule has 0 unspecified atom stereocenters. The van der Waals surface area contributed by atoms with E-state index in [4.69, 9.17) is 17.3 Å². The number of alkyl halides is 3. The van der Waals surface area contributed by atoms with Crippen LogP contribution in [0.25, 0.3) is 0 Å². The topological polar surface area (TPSA) is 67.1 Å². The minimum absolute atomic E-state index is 0.0914. The quantitative estimate of drug-likeness (QED) is 0.790. The Morgan fingerprint density at radius 1 is 1.08 bits per heavy atom. The SMILES string of the molecule is Nc1c(Nc2cc(C(F)(F)F)ccc2Cl)ncnc1N1CCCCCC1. The highest BCUT2D eigenvalue weighted by molar-refractivity contribution is 6.33. The third-order valence-corrected chi connectivity index (χ3v) is 4.64. The Balaban J connectivity index is 1.90. The Morgan fingerprint density at radius 3 is 2.42 bits per heavy atom. The molecule has 140 valence electrons. The number of hydrogen-bond acceptors (Lipinski definition) is 5. The monoisotopic (exact) mass is 385 g/mol. The first-order valence-electron chi connectivity index (χ1n) is 8.35. The molecule has 1 aliphatic heterocycles. The summed E-state index contributed by atoms with van der Waals surface area (Å²) in [6.07, 6.45) is 1.30. The number of anilines is 4. The smallest absolute Gasteiger partial charge is 0.393 e. The van der Waals surface area contributed by atoms with E-state index in [2.05, 4.69) is 20.2 Å². The maximum absolute atomic E-state index is 12.9. The molecule has 0 amide bonds. The molecule has 1 aromatic heterocycles. The van der Waals surface area contributed by atoms with Crippen molar-refractivity contribution in [2.24, 2.45) is 0 Å². The molecule has 2 heterocycles. The largest absolute Gasteiger partial charge is 0.416 e. The molecule has 9 heteroatoms. The van der Waals surface area contributed by atoms with Gasteiger partial charge in [-0.15, -0.1) is 0 Å². The summed E-state index contributed by atoms with van der Waals surface area (Å²) in [5.41, 5.74) is 5.78. The molecule has 1 saturated heterocycles. The van der Waals surface area contributed by atoms with Crippen molar-refractivity contribution in [1.82, 2.24) is 9.97 Å². The standard InChI is InChI=1S/C17H19ClF3N5/c18-12-6-5-11(17(19,20)21)9-13(12)25-15-14(22)16(24-10-23-15)26-7-3-1-2-4-8-26/h5-6,9-10H,1-4,7-8,22H2,(H,23,24,25). The Bertz CT molecular complexity index is 773. The van der Waals surface area contributed by atoms with Crippen LogP contribution in [0.1, 0.15) is 31.2 Å². The Hall–Kier alpha value is -2.22. The molecule has 0 bridgehead atoms. The Labute approximate surface area is 154 Å². The average Bonchev–Trinajstić information content (AvgIpc) is 2.87. The van der Waals surface area contributed by atoms with Gasteiger partial charge in [-0.2, -0.15) is 13.2 Å². The summed E-state index contributed by atoms with van der Waals surface area (Å²) >= 11 is 6.03. The van der Waals surface area contributed by atoms with Crippen molar-refractivity contribution in [2.45, 2.75) is 31.9 Å². The first-order valence-corrected chi connectivity index (χ1v) is 8.73. The van der Waals surface area contributed by atoms with E-state index in [9.17, 15) is 13.2 Å². The normalized spacial score (nSPS) is 15.6. The van der Waals surface area contributed by atoms with Crippen LogP contribution in [0.5, 0.6) is 0 Å². The van der Waals surface area contributed by atoms with Crippen molar-refractivity contribution in [1.29, 1.82) is 0 Å². The second-order valence-electron chi connectivity index (χ2n) is 6.18. The first-order chi connectivity index (χ1) is 12.4. The zero-order valence-corrected chi connectivity index (χ0v) is 14.7. The van der Waals surface area contributed by atoms with Crippen LogP contribution >= 0.6 is 11.6 Å². The van der Waals surface area contributed by atoms with Gasteiger partial charge in [-0.25, -0.2) is 9.97 Å². The van der Waals surface area contributed by atoms with E-state index >= 15 is 0 Å². The molecule has 1 aromatic carbocycles. The lowest BCUT2D eigenvalue weighted by molar-refractivity contribution is -0.137. The number of benzene rings is 1. The molecule has 2 aromatic rings. The fourth-order valence-corrected chi connectivity index (χ4v) is 3.11. The zero-order chi connectivity index (χ0) is 18.7. The van der Waals surface area contributed by atoms with Gasteiger partial charge < -0.3 is 16.0 Å². The van der Waals surface area contributed by atoms with E-state index in [1.807, 2.05) is 0 Å². The van der Waals surface area contributed by atoms with Gasteiger partial charge in [0.25, 0.3) is 0 Å². The maximum atomic E-state index is 12.9. The molecule has 0 radical (unpaired) electrons. The summed E-state index contributed by atoms with van der Waals surface area (Å²) < 4.78 is 38.8. The first kappa shape index (κ1) is 18.6. The summed E-state index contributed by atoms with van der Waals surface area (Å²) in [6.45, 7) is 1.68. The Morgan fingerprint density at radius 2 is 1.77 bits per heavy atom. The van der Waals surface area contributed by atoms with Crippen LogP contribution in [0.3, 0.4) is 0 Å². The summed E-state index contributed by atoms with van der Waals surface area (Å²) in [6, 6.07) is 3.06. The van der Waals surface area contributed by atoms with Crippen molar-refractivity contribution in [3.8, 4) is 0 Å². The summed E-state index contributed by atoms with van der Waals surface area (Å²) in [4.78, 5) is 10.4. The van der Waals surface area contributed by atoms with Crippen LogP contribution in [-0.4, -0.2) is 23.1 Å². The molecule has 1 aliphatic rings. The van der Waals surface area contributed by atoms with Crippen LogP contribution in [0, 0.1) is 0 Å². The lowest BCUT2D eigenvalue weighted by Gasteiger charge is -2.23. The molecule has 5 nitrogen and oxygen atoms in total. The molecule has 0 spiro atoms. The van der Waals surface area contributed by atoms with Crippen LogP contribution < -0.4 is 16.0 Å². The number of nitrogens with one attached hydrogen (secondary N) is 1. The second kappa shape index (κ2) is 7.57. The minimum atomic E-state index is -4.46. The highest BCUT2D eigenvalue weighted by Crippen LogP contribution is 2.36. The molecule has 3 rings (SSSR count). The van der Waals surface area contributed by atoms with Crippen molar-refractivity contribution in [2.75, 3.05) is 29.0 Å². The third kappa shape index (κ3) is 4.12. The highest BCUT2D eigenvalue weighted by Gasteiger charge is 2.31. The van der Waals surface area contributed by atoms with Gasteiger partial charge in [0.1, 0.15) is 12.0 Å². The fourth-order valence-electron chi connectivity index (χ4n) is 2.95. The van der Waals surface area contributed by atoms with Crippen LogP contribution in [0.15, 0.2) is 24.5 Å². The molecule has 26 heavy (non-hydrogen) atoms. The molecule has 0 aliphatic carbocycles. The van der Waals surface area contributed by atoms with Gasteiger partial charge in [0.15, 0.2) is 11.6 Å². The average molecular weight is 386 g/mol. The lowest BCUT2D eigenvalue weighted by atomic mass is 10.2. The van der Waals surface area contributed by atoms with Crippen molar-refractivity contribution < 1.29 is 13.2 Å². The van der Waals surface area contributed by atoms with E-state index in [1.165, 1.54) is 12.4 Å². The van der Waals surface area contributed by atoms with Gasteiger partial charge in [0, 0.05) is 13.1 Å². The number of halogens is 4. The van der Waals surface area contributed by atoms with E-state index < -0.39 is 11.7 Å². The lowest BCUT2D eigenvalue weighted by Crippen LogP contribution is -2.26. The van der Waals surface area contributed by atoms with Crippen LogP contribution in [0.4, 0.5) is 36.2 Å². The third-order valence-electron chi connectivity index (χ3n) is 4.32. The van der Waals surface area contributed by atoms with E-state index in [0.717, 1.165) is 50.9 Å². The molecule has 0 atom stereocenters. The van der Waals surface area contributed by atoms with Crippen LogP contribution in [-0.2, 0) is 6.18 Å². The number of nitrogen functional groups attached to an aromatic ring is 1. The number of aromatic nitrogens is 2. The molecular weight excluding hydrogens is 367 g/mol. The zero-order valence-electron chi connectivity index (χ0n) is 14.0. The molecular formula is C17H19ClF3N5. The molecule has 0 saturated carbocycles. The van der Waals surface area contributed by atoms with Gasteiger partial charge in [-0.3, -0.25) is 0 Å². The van der Waals surface area contributed by atoms with Crippen molar-refractivity contribution in [3.63, 3.8) is 0 Å². The highest BCUT2D eigenvalue weighted by atomic mass is 35.5. The minimum Gasteiger partial charge on any atom is -0.393 e. The summed E-state index contributed by atoms with van der Waals surface area (Å²) in [5.74, 6) is 0.827. The predicted octanol–water partition coefficient (Wildman–Crippen LogP) is 4.86. The van der Waals surface area contributed by atoms with Gasteiger partial charge in [0.05, 0.1) is 16.3 Å². The summed E-state index contributed by atoms with van der Waals surface area (Å²) in [5, 5.41) is 2.96. The van der Waals surface area contributed by atoms with E-state index in [0.29, 0.717) is 11.5 Å². The number of hydrogen-bond donors (Lipinski definition) is 2. The number of nitrogens with two attached hydrogens (primary N) is 1. The van der Waals surface area contributed by atoms with E-state index in [1.54, 1.807) is 0 Å². The second-order valence-corrected chi connectivity index (χ2v) is 6.59. The predicted molar refractivity (Wildman–Crippen MR) is 96.9 cm³/mol. The van der Waals surface area contributed by atoms with E-state index in [-0.39, 0.29) is 16.5 Å².